The molecular weight excluding hydrogens is 663 g/mol. The lowest BCUT2D eigenvalue weighted by Crippen LogP contribution is -2.16. The molecule has 264 valence electrons. The molecule has 0 N–H and O–H groups in total. The Morgan fingerprint density at radius 2 is 0.764 bits per heavy atom. The lowest BCUT2D eigenvalue weighted by molar-refractivity contribution is 0.660. The predicted molar refractivity (Wildman–Crippen MR) is 233 cm³/mol. The Labute approximate surface area is 325 Å². The lowest BCUT2D eigenvalue weighted by Gasteiger charge is -2.28. The number of hydrogen-bond donors (Lipinski definition) is 0. The van der Waals surface area contributed by atoms with Crippen molar-refractivity contribution in [3.63, 3.8) is 0 Å². The van der Waals surface area contributed by atoms with Crippen molar-refractivity contribution in [2.24, 2.45) is 0 Å². The largest absolute Gasteiger partial charge is 0.310 e. The summed E-state index contributed by atoms with van der Waals surface area (Å²) in [6.07, 6.45) is 0. The van der Waals surface area contributed by atoms with E-state index in [0.717, 1.165) is 17.1 Å². The van der Waals surface area contributed by atoms with Crippen molar-refractivity contribution < 1.29 is 0 Å². The summed E-state index contributed by atoms with van der Waals surface area (Å²) in [5, 5.41) is 0. The minimum Gasteiger partial charge on any atom is -0.310 e. The first-order chi connectivity index (χ1) is 26.8. The Morgan fingerprint density at radius 1 is 0.291 bits per heavy atom. The Bertz CT molecular complexity index is 2720. The van der Waals surface area contributed by atoms with E-state index < -0.39 is 0 Å². The zero-order valence-corrected chi connectivity index (χ0v) is 31.8. The molecular formula is C54H43N. The summed E-state index contributed by atoms with van der Waals surface area (Å²) in [6.45, 7) is 9.48. The fraction of sp³-hybridized carbons (Fsp3) is 0.111. The van der Waals surface area contributed by atoms with Crippen LogP contribution in [-0.2, 0) is 10.8 Å². The molecule has 2 aliphatic rings. The van der Waals surface area contributed by atoms with Crippen LogP contribution in [0.5, 0.6) is 0 Å². The monoisotopic (exact) mass is 705 g/mol. The third kappa shape index (κ3) is 5.22. The number of rotatable bonds is 6. The first-order valence-corrected chi connectivity index (χ1v) is 19.4. The Kier molecular flexibility index (Phi) is 7.58. The molecule has 0 unspecified atom stereocenters. The third-order valence-corrected chi connectivity index (χ3v) is 12.3. The Hall–Kier alpha value is -6.44. The first kappa shape index (κ1) is 33.2. The van der Waals surface area contributed by atoms with E-state index in [4.69, 9.17) is 0 Å². The molecule has 0 aromatic heterocycles. The van der Waals surface area contributed by atoms with Crippen LogP contribution in [0.1, 0.15) is 49.9 Å². The van der Waals surface area contributed by atoms with Crippen LogP contribution in [-0.4, -0.2) is 0 Å². The van der Waals surface area contributed by atoms with Crippen molar-refractivity contribution in [1.82, 2.24) is 0 Å². The number of benzene rings is 8. The molecule has 0 amide bonds. The average molecular weight is 706 g/mol. The van der Waals surface area contributed by atoms with Gasteiger partial charge in [-0.2, -0.15) is 0 Å². The van der Waals surface area contributed by atoms with Crippen molar-refractivity contribution in [1.29, 1.82) is 0 Å². The van der Waals surface area contributed by atoms with Crippen molar-refractivity contribution in [2.45, 2.75) is 38.5 Å². The van der Waals surface area contributed by atoms with Crippen LogP contribution < -0.4 is 4.90 Å². The molecule has 0 bridgehead atoms. The van der Waals surface area contributed by atoms with Gasteiger partial charge in [-0.25, -0.2) is 0 Å². The molecule has 0 saturated heterocycles. The van der Waals surface area contributed by atoms with E-state index in [1.807, 2.05) is 0 Å². The topological polar surface area (TPSA) is 3.24 Å². The van der Waals surface area contributed by atoms with Gasteiger partial charge in [0.25, 0.3) is 0 Å². The quantitative estimate of drug-likeness (QED) is 0.166. The van der Waals surface area contributed by atoms with Gasteiger partial charge in [0.15, 0.2) is 0 Å². The molecule has 8 aromatic carbocycles. The number of nitrogens with zero attached hydrogens (tertiary/aromatic N) is 1. The maximum Gasteiger partial charge on any atom is 0.0465 e. The van der Waals surface area contributed by atoms with E-state index in [2.05, 4.69) is 221 Å². The number of hydrogen-bond acceptors (Lipinski definition) is 1. The van der Waals surface area contributed by atoms with Crippen molar-refractivity contribution in [3.8, 4) is 55.6 Å². The Balaban J connectivity index is 1.11. The van der Waals surface area contributed by atoms with E-state index >= 15 is 0 Å². The number of anilines is 3. The highest BCUT2D eigenvalue weighted by Gasteiger charge is 2.38. The van der Waals surface area contributed by atoms with Crippen LogP contribution in [0.15, 0.2) is 188 Å². The standard InChI is InChI=1S/C54H43N/c1-53(2)48-25-15-14-23-43(48)44-32-31-41(33-50(44)53)55(39-21-12-7-13-22-39)40-29-27-38(28-30-40)46-35-51-47(34-45(46)37-19-10-6-11-20-37)52-42(36-17-8-5-9-18-36)24-16-26-49(52)54(51,3)4/h5-35H,1-4H3. The first-order valence-electron chi connectivity index (χ1n) is 19.4. The van der Waals surface area contributed by atoms with Gasteiger partial charge in [0.05, 0.1) is 0 Å². The third-order valence-electron chi connectivity index (χ3n) is 12.3. The highest BCUT2D eigenvalue weighted by Crippen LogP contribution is 2.55. The zero-order chi connectivity index (χ0) is 37.3. The predicted octanol–water partition coefficient (Wildman–Crippen LogP) is 14.8. The van der Waals surface area contributed by atoms with E-state index in [9.17, 15) is 0 Å². The van der Waals surface area contributed by atoms with Gasteiger partial charge < -0.3 is 4.90 Å². The molecule has 1 nitrogen and oxygen atoms in total. The summed E-state index contributed by atoms with van der Waals surface area (Å²) in [5.41, 5.74) is 21.6. The van der Waals surface area contributed by atoms with Gasteiger partial charge in [0.1, 0.15) is 0 Å². The summed E-state index contributed by atoms with van der Waals surface area (Å²) in [5.74, 6) is 0. The average Bonchev–Trinajstić information content (AvgIpc) is 3.60. The molecule has 0 fully saturated rings. The van der Waals surface area contributed by atoms with Gasteiger partial charge in [-0.15, -0.1) is 0 Å². The van der Waals surface area contributed by atoms with Crippen LogP contribution in [0.3, 0.4) is 0 Å². The van der Waals surface area contributed by atoms with Crippen molar-refractivity contribution in [3.05, 3.63) is 210 Å². The molecule has 0 spiro atoms. The normalized spacial score (nSPS) is 14.1. The van der Waals surface area contributed by atoms with Crippen LogP contribution in [0, 0.1) is 0 Å². The fourth-order valence-electron chi connectivity index (χ4n) is 9.43. The second kappa shape index (κ2) is 12.6. The summed E-state index contributed by atoms with van der Waals surface area (Å²) in [6, 6.07) is 69.4. The van der Waals surface area contributed by atoms with Crippen LogP contribution in [0.2, 0.25) is 0 Å². The molecule has 0 heterocycles. The van der Waals surface area contributed by atoms with Gasteiger partial charge in [0.2, 0.25) is 0 Å². The molecule has 8 aromatic rings. The van der Waals surface area contributed by atoms with Gasteiger partial charge in [-0.1, -0.05) is 167 Å². The highest BCUT2D eigenvalue weighted by atomic mass is 15.1. The summed E-state index contributed by atoms with van der Waals surface area (Å²) < 4.78 is 0. The minimum absolute atomic E-state index is 0.0785. The molecule has 0 aliphatic heterocycles. The molecule has 0 saturated carbocycles. The lowest BCUT2D eigenvalue weighted by atomic mass is 9.80. The molecule has 10 rings (SSSR count). The highest BCUT2D eigenvalue weighted by molar-refractivity contribution is 5.98. The van der Waals surface area contributed by atoms with E-state index in [1.54, 1.807) is 0 Å². The second-order valence-corrected chi connectivity index (χ2v) is 16.1. The number of fused-ring (bicyclic) bond motifs is 6. The minimum atomic E-state index is -0.148. The maximum absolute atomic E-state index is 2.48. The van der Waals surface area contributed by atoms with Gasteiger partial charge in [0, 0.05) is 27.9 Å². The van der Waals surface area contributed by atoms with Crippen molar-refractivity contribution in [2.75, 3.05) is 4.90 Å². The van der Waals surface area contributed by atoms with Crippen LogP contribution in [0.25, 0.3) is 55.6 Å². The summed E-state index contributed by atoms with van der Waals surface area (Å²) in [7, 11) is 0. The molecule has 55 heavy (non-hydrogen) atoms. The smallest absolute Gasteiger partial charge is 0.0465 e. The molecule has 2 aliphatic carbocycles. The van der Waals surface area contributed by atoms with E-state index in [-0.39, 0.29) is 10.8 Å². The zero-order valence-electron chi connectivity index (χ0n) is 31.8. The van der Waals surface area contributed by atoms with Crippen molar-refractivity contribution >= 4 is 17.1 Å². The van der Waals surface area contributed by atoms with Crippen LogP contribution >= 0.6 is 0 Å². The van der Waals surface area contributed by atoms with Crippen LogP contribution in [0.4, 0.5) is 17.1 Å². The fourth-order valence-corrected chi connectivity index (χ4v) is 9.43. The molecule has 1 heteroatoms. The maximum atomic E-state index is 2.48. The van der Waals surface area contributed by atoms with Gasteiger partial charge in [-0.05, 0) is 126 Å². The summed E-state index contributed by atoms with van der Waals surface area (Å²) in [4.78, 5) is 2.40. The second-order valence-electron chi connectivity index (χ2n) is 16.1. The molecule has 0 radical (unpaired) electrons. The number of para-hydroxylation sites is 1. The van der Waals surface area contributed by atoms with E-state index in [1.165, 1.54) is 77.9 Å². The van der Waals surface area contributed by atoms with Gasteiger partial charge >= 0.3 is 0 Å². The van der Waals surface area contributed by atoms with Gasteiger partial charge in [-0.3, -0.25) is 0 Å². The molecule has 0 atom stereocenters. The summed E-state index contributed by atoms with van der Waals surface area (Å²) >= 11 is 0. The SMILES string of the molecule is CC1(C)c2ccccc2-c2ccc(N(c3ccccc3)c3ccc(-c4cc5c(cc4-c4ccccc4)-c4c(-c6ccccc6)cccc4C5(C)C)cc3)cc21. The van der Waals surface area contributed by atoms with E-state index in [0.29, 0.717) is 0 Å². The Morgan fingerprint density at radius 3 is 1.47 bits per heavy atom.